The highest BCUT2D eigenvalue weighted by Gasteiger charge is 2.31. The Hall–Kier alpha value is -0.860. The van der Waals surface area contributed by atoms with Crippen LogP contribution in [0.15, 0.2) is 23.1 Å². The third-order valence-electron chi connectivity index (χ3n) is 4.12. The average Bonchev–Trinajstić information content (AvgIpc) is 2.56. The van der Waals surface area contributed by atoms with Crippen LogP contribution in [-0.2, 0) is 14.8 Å². The first kappa shape index (κ1) is 19.5. The van der Waals surface area contributed by atoms with E-state index in [0.717, 1.165) is 12.8 Å². The van der Waals surface area contributed by atoms with Crippen LogP contribution in [-0.4, -0.2) is 58.7 Å². The van der Waals surface area contributed by atoms with Crippen molar-refractivity contribution >= 4 is 21.6 Å². The van der Waals surface area contributed by atoms with E-state index in [9.17, 15) is 8.42 Å². The Bertz CT molecular complexity index is 645. The quantitative estimate of drug-likeness (QED) is 0.789. The van der Waals surface area contributed by atoms with Crippen molar-refractivity contribution in [1.29, 1.82) is 0 Å². The van der Waals surface area contributed by atoms with E-state index in [1.807, 2.05) is 14.0 Å². The van der Waals surface area contributed by atoms with E-state index in [2.05, 4.69) is 5.32 Å². The number of methoxy groups -OCH3 is 1. The molecule has 24 heavy (non-hydrogen) atoms. The summed E-state index contributed by atoms with van der Waals surface area (Å²) in [5.41, 5.74) is 0. The molecule has 1 saturated heterocycles. The number of hydrogen-bond donors (Lipinski definition) is 1. The second-order valence-corrected chi connectivity index (χ2v) is 8.28. The molecule has 0 saturated carbocycles. The minimum absolute atomic E-state index is 0.112. The highest BCUT2D eigenvalue weighted by molar-refractivity contribution is 7.89. The number of rotatable bonds is 7. The van der Waals surface area contributed by atoms with Gasteiger partial charge in [-0.2, -0.15) is 4.31 Å². The molecule has 1 heterocycles. The van der Waals surface area contributed by atoms with Crippen molar-refractivity contribution in [3.63, 3.8) is 0 Å². The molecule has 0 aliphatic carbocycles. The molecule has 1 N–H and O–H groups in total. The van der Waals surface area contributed by atoms with Gasteiger partial charge >= 0.3 is 0 Å². The predicted molar refractivity (Wildman–Crippen MR) is 94.3 cm³/mol. The molecule has 1 aromatic rings. The number of hydrogen-bond acceptors (Lipinski definition) is 5. The topological polar surface area (TPSA) is 67.9 Å². The molecule has 0 amide bonds. The summed E-state index contributed by atoms with van der Waals surface area (Å²) < 4.78 is 38.4. The van der Waals surface area contributed by atoms with Crippen molar-refractivity contribution in [3.8, 4) is 5.75 Å². The molecule has 136 valence electrons. The molecular formula is C16H25ClN2O4S. The maximum Gasteiger partial charge on any atom is 0.246 e. The van der Waals surface area contributed by atoms with E-state index >= 15 is 0 Å². The van der Waals surface area contributed by atoms with E-state index in [-0.39, 0.29) is 11.0 Å². The van der Waals surface area contributed by atoms with Gasteiger partial charge in [0.25, 0.3) is 0 Å². The maximum absolute atomic E-state index is 13.0. The SMILES string of the molecule is CNC1CCN(S(=O)(=O)c2cc(Cl)ccc2OC(C)COC)CC1. The third kappa shape index (κ3) is 4.61. The number of halogens is 1. The Morgan fingerprint density at radius 2 is 2.04 bits per heavy atom. The van der Waals surface area contributed by atoms with E-state index < -0.39 is 10.0 Å². The lowest BCUT2D eigenvalue weighted by Gasteiger charge is -2.31. The molecule has 8 heteroatoms. The van der Waals surface area contributed by atoms with Gasteiger partial charge in [0.2, 0.25) is 10.0 Å². The van der Waals surface area contributed by atoms with Crippen LogP contribution in [0, 0.1) is 0 Å². The molecule has 0 spiro atoms. The van der Waals surface area contributed by atoms with E-state index in [0.29, 0.717) is 36.5 Å². The molecular weight excluding hydrogens is 352 g/mol. The molecule has 0 radical (unpaired) electrons. The lowest BCUT2D eigenvalue weighted by Crippen LogP contribution is -2.44. The Labute approximate surface area is 149 Å². The molecule has 1 aliphatic heterocycles. The van der Waals surface area contributed by atoms with Crippen molar-refractivity contribution < 1.29 is 17.9 Å². The maximum atomic E-state index is 13.0. The molecule has 2 rings (SSSR count). The van der Waals surface area contributed by atoms with Gasteiger partial charge in [0.1, 0.15) is 16.7 Å². The van der Waals surface area contributed by atoms with Gasteiger partial charge in [-0.15, -0.1) is 0 Å². The molecule has 1 aliphatic rings. The van der Waals surface area contributed by atoms with Crippen LogP contribution in [0.3, 0.4) is 0 Å². The van der Waals surface area contributed by atoms with E-state index in [1.165, 1.54) is 10.4 Å². The van der Waals surface area contributed by atoms with Crippen LogP contribution in [0.4, 0.5) is 0 Å². The lowest BCUT2D eigenvalue weighted by molar-refractivity contribution is 0.0900. The summed E-state index contributed by atoms with van der Waals surface area (Å²) >= 11 is 6.03. The Morgan fingerprint density at radius 3 is 2.62 bits per heavy atom. The van der Waals surface area contributed by atoms with Crippen LogP contribution in [0.25, 0.3) is 0 Å². The van der Waals surface area contributed by atoms with Crippen LogP contribution in [0.5, 0.6) is 5.75 Å². The number of nitrogens with zero attached hydrogens (tertiary/aromatic N) is 1. The van der Waals surface area contributed by atoms with Gasteiger partial charge in [-0.05, 0) is 45.0 Å². The summed E-state index contributed by atoms with van der Waals surface area (Å²) in [5.74, 6) is 0.305. The van der Waals surface area contributed by atoms with Gasteiger partial charge in [0.05, 0.1) is 6.61 Å². The van der Waals surface area contributed by atoms with E-state index in [4.69, 9.17) is 21.1 Å². The van der Waals surface area contributed by atoms with Gasteiger partial charge in [-0.1, -0.05) is 11.6 Å². The molecule has 1 unspecified atom stereocenters. The van der Waals surface area contributed by atoms with Gasteiger partial charge in [-0.25, -0.2) is 8.42 Å². The summed E-state index contributed by atoms with van der Waals surface area (Å²) in [6.45, 7) is 3.16. The second-order valence-electron chi connectivity index (χ2n) is 5.94. The predicted octanol–water partition coefficient (Wildman–Crippen LogP) is 2.13. The summed E-state index contributed by atoms with van der Waals surface area (Å²) in [6.07, 6.45) is 1.30. The Morgan fingerprint density at radius 1 is 1.38 bits per heavy atom. The Balaban J connectivity index is 2.27. The molecule has 1 atom stereocenters. The zero-order chi connectivity index (χ0) is 17.7. The van der Waals surface area contributed by atoms with Crippen molar-refractivity contribution in [3.05, 3.63) is 23.2 Å². The van der Waals surface area contributed by atoms with Crippen molar-refractivity contribution in [2.75, 3.05) is 33.9 Å². The van der Waals surface area contributed by atoms with Gasteiger partial charge in [-0.3, -0.25) is 0 Å². The monoisotopic (exact) mass is 376 g/mol. The highest BCUT2D eigenvalue weighted by Crippen LogP contribution is 2.31. The molecule has 1 aromatic carbocycles. The number of benzene rings is 1. The number of nitrogens with one attached hydrogen (secondary N) is 1. The van der Waals surface area contributed by atoms with Crippen LogP contribution in [0.1, 0.15) is 19.8 Å². The van der Waals surface area contributed by atoms with Crippen molar-refractivity contribution in [2.45, 2.75) is 36.8 Å². The second kappa shape index (κ2) is 8.49. The minimum atomic E-state index is -3.65. The summed E-state index contributed by atoms with van der Waals surface area (Å²) in [5, 5.41) is 3.56. The first-order chi connectivity index (χ1) is 11.4. The van der Waals surface area contributed by atoms with Crippen LogP contribution in [0.2, 0.25) is 5.02 Å². The average molecular weight is 377 g/mol. The molecule has 0 bridgehead atoms. The standard InChI is InChI=1S/C16H25ClN2O4S/c1-12(11-22-3)23-15-5-4-13(17)10-16(15)24(20,21)19-8-6-14(18-2)7-9-19/h4-5,10,12,14,18H,6-9,11H2,1-3H3. The highest BCUT2D eigenvalue weighted by atomic mass is 35.5. The smallest absolute Gasteiger partial charge is 0.246 e. The van der Waals surface area contributed by atoms with Crippen LogP contribution >= 0.6 is 11.6 Å². The summed E-state index contributed by atoms with van der Waals surface area (Å²) in [6, 6.07) is 5.04. The van der Waals surface area contributed by atoms with Gasteiger partial charge in [0.15, 0.2) is 0 Å². The lowest BCUT2D eigenvalue weighted by atomic mass is 10.1. The van der Waals surface area contributed by atoms with E-state index in [1.54, 1.807) is 19.2 Å². The zero-order valence-electron chi connectivity index (χ0n) is 14.3. The number of piperidine rings is 1. The summed E-state index contributed by atoms with van der Waals surface area (Å²) in [4.78, 5) is 0.112. The number of ether oxygens (including phenoxy) is 2. The fraction of sp³-hybridized carbons (Fsp3) is 0.625. The largest absolute Gasteiger partial charge is 0.487 e. The van der Waals surface area contributed by atoms with Gasteiger partial charge < -0.3 is 14.8 Å². The van der Waals surface area contributed by atoms with Crippen molar-refractivity contribution in [1.82, 2.24) is 9.62 Å². The molecule has 6 nitrogen and oxygen atoms in total. The summed E-state index contributed by atoms with van der Waals surface area (Å²) in [7, 11) is -0.180. The molecule has 1 fully saturated rings. The van der Waals surface area contributed by atoms with Crippen molar-refractivity contribution in [2.24, 2.45) is 0 Å². The normalized spacial score (nSPS) is 18.5. The number of sulfonamides is 1. The molecule has 0 aromatic heterocycles. The minimum Gasteiger partial charge on any atom is -0.487 e. The third-order valence-corrected chi connectivity index (χ3v) is 6.27. The fourth-order valence-corrected chi connectivity index (χ4v) is 4.64. The zero-order valence-corrected chi connectivity index (χ0v) is 15.9. The van der Waals surface area contributed by atoms with Crippen LogP contribution < -0.4 is 10.1 Å². The Kier molecular flexibility index (Phi) is 6.88. The van der Waals surface area contributed by atoms with Gasteiger partial charge in [0, 0.05) is 31.3 Å². The fourth-order valence-electron chi connectivity index (χ4n) is 2.79. The first-order valence-corrected chi connectivity index (χ1v) is 9.83. The first-order valence-electron chi connectivity index (χ1n) is 8.01.